The molecule has 2 atom stereocenters. The number of nitrogens with zero attached hydrogens (tertiary/aromatic N) is 2. The van der Waals surface area contributed by atoms with Crippen LogP contribution in [0.15, 0.2) is 5.29 Å². The molecule has 1 heterocycles. The van der Waals surface area contributed by atoms with Crippen molar-refractivity contribution in [3.8, 4) is 0 Å². The summed E-state index contributed by atoms with van der Waals surface area (Å²) in [5, 5.41) is 4.61. The summed E-state index contributed by atoms with van der Waals surface area (Å²) in [5.74, 6) is 0. The second-order valence-corrected chi connectivity index (χ2v) is 3.23. The monoisotopic (exact) mass is 157 g/mol. The van der Waals surface area contributed by atoms with E-state index in [9.17, 15) is 4.91 Å². The van der Waals surface area contributed by atoms with Crippen LogP contribution >= 0.6 is 0 Å². The minimum atomic E-state index is 0.427. The van der Waals surface area contributed by atoms with E-state index in [0.29, 0.717) is 12.1 Å². The zero-order valence-electron chi connectivity index (χ0n) is 7.08. The second-order valence-electron chi connectivity index (χ2n) is 3.23. The molecule has 0 aromatic rings. The maximum atomic E-state index is 9.96. The van der Waals surface area contributed by atoms with Gasteiger partial charge in [-0.1, -0.05) is 6.42 Å². The quantitative estimate of drug-likeness (QED) is 0.487. The zero-order valence-corrected chi connectivity index (χ0v) is 7.08. The summed E-state index contributed by atoms with van der Waals surface area (Å²) in [6.07, 6.45) is 3.54. The molecule has 4 nitrogen and oxygen atoms in total. The van der Waals surface area contributed by atoms with Crippen LogP contribution in [0.25, 0.3) is 0 Å². The molecule has 1 N–H and O–H groups in total. The predicted octanol–water partition coefficient (Wildman–Crippen LogP) is 1.44. The van der Waals surface area contributed by atoms with Crippen molar-refractivity contribution in [2.45, 2.75) is 45.2 Å². The molecule has 0 aliphatic carbocycles. The molecule has 1 aliphatic heterocycles. The van der Waals surface area contributed by atoms with Gasteiger partial charge in [-0.2, -0.15) is 5.01 Å². The third-order valence-electron chi connectivity index (χ3n) is 2.35. The minimum Gasteiger partial charge on any atom is -0.203 e. The van der Waals surface area contributed by atoms with Gasteiger partial charge in [-0.05, 0) is 26.7 Å². The van der Waals surface area contributed by atoms with E-state index < -0.39 is 0 Å². The molecule has 0 bridgehead atoms. The Kier molecular flexibility index (Phi) is 2.82. The van der Waals surface area contributed by atoms with E-state index in [0.717, 1.165) is 12.8 Å². The number of nitroso groups, excluding NO2 is 1. The summed E-state index contributed by atoms with van der Waals surface area (Å²) in [6.45, 7) is 4.21. The Morgan fingerprint density at radius 3 is 2.36 bits per heavy atom. The maximum absolute atomic E-state index is 9.96. The molecular formula is C7H15N3O. The molecule has 64 valence electrons. The Balaban J connectivity index is 2.47. The van der Waals surface area contributed by atoms with Gasteiger partial charge in [0.15, 0.2) is 0 Å². The normalized spacial score (nSPS) is 33.3. The molecule has 2 unspecified atom stereocenters. The standard InChI is InChI=1S/C7H15N3O/c1-6-4-3-5-7(2)10(6)8-9-11/h6-7H,3-5H2,1-2H3,(H,8,11). The molecule has 11 heavy (non-hydrogen) atoms. The van der Waals surface area contributed by atoms with Crippen LogP contribution in [0.4, 0.5) is 0 Å². The molecule has 0 amide bonds. The van der Waals surface area contributed by atoms with Gasteiger partial charge in [0.25, 0.3) is 0 Å². The van der Waals surface area contributed by atoms with Gasteiger partial charge in [-0.25, -0.2) is 5.53 Å². The lowest BCUT2D eigenvalue weighted by atomic mass is 10.00. The van der Waals surface area contributed by atoms with Gasteiger partial charge >= 0.3 is 0 Å². The Hall–Kier alpha value is -0.640. The van der Waals surface area contributed by atoms with E-state index in [-0.39, 0.29) is 0 Å². The highest BCUT2D eigenvalue weighted by Gasteiger charge is 2.24. The Labute approximate surface area is 66.9 Å². The van der Waals surface area contributed by atoms with Gasteiger partial charge in [0, 0.05) is 12.1 Å². The third-order valence-corrected chi connectivity index (χ3v) is 2.35. The van der Waals surface area contributed by atoms with Gasteiger partial charge in [0.1, 0.15) is 0 Å². The van der Waals surface area contributed by atoms with Crippen molar-refractivity contribution in [2.24, 2.45) is 5.29 Å². The number of hydrazine groups is 1. The van der Waals surface area contributed by atoms with Gasteiger partial charge in [0.05, 0.1) is 5.29 Å². The molecular weight excluding hydrogens is 142 g/mol. The van der Waals surface area contributed by atoms with Crippen molar-refractivity contribution < 1.29 is 0 Å². The average Bonchev–Trinajstić information content (AvgIpc) is 1.97. The van der Waals surface area contributed by atoms with Crippen molar-refractivity contribution in [2.75, 3.05) is 0 Å². The predicted molar refractivity (Wildman–Crippen MR) is 43.5 cm³/mol. The fourth-order valence-corrected chi connectivity index (χ4v) is 1.67. The first kappa shape index (κ1) is 8.46. The largest absolute Gasteiger partial charge is 0.203 e. The van der Waals surface area contributed by atoms with E-state index in [4.69, 9.17) is 0 Å². The maximum Gasteiger partial charge on any atom is 0.0658 e. The van der Waals surface area contributed by atoms with Crippen LogP contribution in [0.5, 0.6) is 0 Å². The van der Waals surface area contributed by atoms with Crippen molar-refractivity contribution >= 4 is 0 Å². The van der Waals surface area contributed by atoms with E-state index in [1.54, 1.807) is 0 Å². The number of nitrogens with one attached hydrogen (secondary N) is 1. The van der Waals surface area contributed by atoms with Crippen LogP contribution < -0.4 is 5.53 Å². The lowest BCUT2D eigenvalue weighted by Crippen LogP contribution is -2.49. The Bertz CT molecular complexity index is 130. The molecule has 0 saturated carbocycles. The lowest BCUT2D eigenvalue weighted by molar-refractivity contribution is 0.0470. The van der Waals surface area contributed by atoms with Crippen LogP contribution in [0.2, 0.25) is 0 Å². The van der Waals surface area contributed by atoms with E-state index in [2.05, 4.69) is 24.7 Å². The van der Waals surface area contributed by atoms with Crippen LogP contribution in [-0.4, -0.2) is 17.1 Å². The van der Waals surface area contributed by atoms with Crippen LogP contribution in [-0.2, 0) is 0 Å². The highest BCUT2D eigenvalue weighted by Crippen LogP contribution is 2.19. The molecule has 0 aromatic carbocycles. The lowest BCUT2D eigenvalue weighted by Gasteiger charge is -2.36. The van der Waals surface area contributed by atoms with Crippen molar-refractivity contribution in [3.05, 3.63) is 4.91 Å². The smallest absolute Gasteiger partial charge is 0.0658 e. The molecule has 1 saturated heterocycles. The third kappa shape index (κ3) is 1.89. The van der Waals surface area contributed by atoms with Crippen molar-refractivity contribution in [3.63, 3.8) is 0 Å². The van der Waals surface area contributed by atoms with Crippen LogP contribution in [0, 0.1) is 4.91 Å². The fourth-order valence-electron chi connectivity index (χ4n) is 1.67. The topological polar surface area (TPSA) is 44.7 Å². The average molecular weight is 157 g/mol. The van der Waals surface area contributed by atoms with Crippen molar-refractivity contribution in [1.82, 2.24) is 10.5 Å². The Morgan fingerprint density at radius 2 is 1.91 bits per heavy atom. The summed E-state index contributed by atoms with van der Waals surface area (Å²) in [5.41, 5.74) is 2.49. The van der Waals surface area contributed by atoms with Gasteiger partial charge in [0.2, 0.25) is 0 Å². The van der Waals surface area contributed by atoms with Crippen LogP contribution in [0.1, 0.15) is 33.1 Å². The molecule has 1 fully saturated rings. The van der Waals surface area contributed by atoms with E-state index >= 15 is 0 Å². The second kappa shape index (κ2) is 3.67. The molecule has 1 aliphatic rings. The Morgan fingerprint density at radius 1 is 1.36 bits per heavy atom. The summed E-state index contributed by atoms with van der Waals surface area (Å²) in [4.78, 5) is 9.96. The highest BCUT2D eigenvalue weighted by molar-refractivity contribution is 4.75. The number of piperidine rings is 1. The highest BCUT2D eigenvalue weighted by atomic mass is 16.3. The summed E-state index contributed by atoms with van der Waals surface area (Å²) in [6, 6.07) is 0.855. The van der Waals surface area contributed by atoms with Gasteiger partial charge < -0.3 is 0 Å². The first-order valence-electron chi connectivity index (χ1n) is 4.12. The number of rotatable bonds is 2. The van der Waals surface area contributed by atoms with Gasteiger partial charge in [-0.15, -0.1) is 4.91 Å². The summed E-state index contributed by atoms with van der Waals surface area (Å²) >= 11 is 0. The molecule has 0 spiro atoms. The first-order valence-corrected chi connectivity index (χ1v) is 4.12. The minimum absolute atomic E-state index is 0.427. The molecule has 4 heteroatoms. The first-order chi connectivity index (χ1) is 5.25. The van der Waals surface area contributed by atoms with E-state index in [1.807, 2.05) is 5.01 Å². The number of hydrogen-bond donors (Lipinski definition) is 1. The SMILES string of the molecule is CC1CCCC(C)N1NN=O. The summed E-state index contributed by atoms with van der Waals surface area (Å²) in [7, 11) is 0. The summed E-state index contributed by atoms with van der Waals surface area (Å²) < 4.78 is 0. The van der Waals surface area contributed by atoms with Gasteiger partial charge in [-0.3, -0.25) is 0 Å². The van der Waals surface area contributed by atoms with Crippen molar-refractivity contribution in [1.29, 1.82) is 0 Å². The van der Waals surface area contributed by atoms with Crippen LogP contribution in [0.3, 0.4) is 0 Å². The number of hydrogen-bond acceptors (Lipinski definition) is 3. The fraction of sp³-hybridized carbons (Fsp3) is 1.00. The zero-order chi connectivity index (χ0) is 8.27. The molecule has 0 aromatic heterocycles. The molecule has 1 rings (SSSR count). The van der Waals surface area contributed by atoms with E-state index in [1.165, 1.54) is 6.42 Å². The molecule has 0 radical (unpaired) electrons.